The van der Waals surface area contributed by atoms with E-state index in [9.17, 15) is 14.4 Å². The molecule has 0 heterocycles. The molecule has 0 fully saturated rings. The molecule has 2 amide bonds. The second-order valence-corrected chi connectivity index (χ2v) is 4.22. The molecule has 0 spiro atoms. The molecule has 0 saturated carbocycles. The van der Waals surface area contributed by atoms with Gasteiger partial charge in [0.25, 0.3) is 0 Å². The number of carbonyl (C=O) groups is 3. The van der Waals surface area contributed by atoms with E-state index in [-0.39, 0.29) is 18.4 Å². The van der Waals surface area contributed by atoms with Crippen LogP contribution in [0.4, 0.5) is 5.69 Å². The van der Waals surface area contributed by atoms with Crippen molar-refractivity contribution in [2.75, 3.05) is 18.9 Å². The Morgan fingerprint density at radius 1 is 1.35 bits per heavy atom. The first kappa shape index (κ1) is 15.4. The number of rotatable bonds is 5. The van der Waals surface area contributed by atoms with Gasteiger partial charge >= 0.3 is 5.97 Å². The van der Waals surface area contributed by atoms with Gasteiger partial charge in [-0.15, -0.1) is 0 Å². The van der Waals surface area contributed by atoms with Gasteiger partial charge in [0.2, 0.25) is 11.8 Å². The third kappa shape index (κ3) is 5.34. The molecule has 0 saturated heterocycles. The smallest absolute Gasteiger partial charge is 0.328 e. The van der Waals surface area contributed by atoms with Gasteiger partial charge in [0.1, 0.15) is 0 Å². The van der Waals surface area contributed by atoms with Gasteiger partial charge < -0.3 is 15.3 Å². The third-order valence-corrected chi connectivity index (χ3v) is 2.51. The molecule has 6 nitrogen and oxygen atoms in total. The largest absolute Gasteiger partial charge is 0.478 e. The van der Waals surface area contributed by atoms with E-state index in [1.165, 1.54) is 24.9 Å². The number of nitrogens with zero attached hydrogens (tertiary/aromatic N) is 1. The highest BCUT2D eigenvalue weighted by molar-refractivity contribution is 5.94. The number of hydrogen-bond acceptors (Lipinski definition) is 3. The van der Waals surface area contributed by atoms with Crippen LogP contribution in [-0.4, -0.2) is 41.4 Å². The first-order valence-corrected chi connectivity index (χ1v) is 5.91. The molecule has 0 bridgehead atoms. The van der Waals surface area contributed by atoms with Crippen molar-refractivity contribution in [3.05, 3.63) is 35.9 Å². The fraction of sp³-hybridized carbons (Fsp3) is 0.214. The molecular weight excluding hydrogens is 260 g/mol. The predicted molar refractivity (Wildman–Crippen MR) is 75.1 cm³/mol. The van der Waals surface area contributed by atoms with E-state index in [0.717, 1.165) is 6.08 Å². The molecule has 20 heavy (non-hydrogen) atoms. The Morgan fingerprint density at radius 2 is 2.05 bits per heavy atom. The Morgan fingerprint density at radius 3 is 2.65 bits per heavy atom. The lowest BCUT2D eigenvalue weighted by molar-refractivity contribution is -0.131. The predicted octanol–water partition coefficient (Wildman–Crippen LogP) is 1.20. The van der Waals surface area contributed by atoms with E-state index >= 15 is 0 Å². The molecule has 0 aliphatic heterocycles. The van der Waals surface area contributed by atoms with Crippen molar-refractivity contribution >= 4 is 29.5 Å². The van der Waals surface area contributed by atoms with Crippen LogP contribution in [0.5, 0.6) is 0 Å². The topological polar surface area (TPSA) is 86.7 Å². The van der Waals surface area contributed by atoms with E-state index in [0.29, 0.717) is 11.3 Å². The van der Waals surface area contributed by atoms with Crippen LogP contribution in [0, 0.1) is 0 Å². The average Bonchev–Trinajstić information content (AvgIpc) is 2.36. The van der Waals surface area contributed by atoms with Gasteiger partial charge in [-0.3, -0.25) is 9.59 Å². The highest BCUT2D eigenvalue weighted by Crippen LogP contribution is 2.12. The quantitative estimate of drug-likeness (QED) is 0.791. The Hall–Kier alpha value is -2.63. The third-order valence-electron chi connectivity index (χ3n) is 2.51. The molecule has 1 aromatic rings. The van der Waals surface area contributed by atoms with E-state index < -0.39 is 5.97 Å². The van der Waals surface area contributed by atoms with Crippen molar-refractivity contribution < 1.29 is 19.5 Å². The number of amides is 2. The standard InChI is InChI=1S/C14H16N2O4/c1-10(17)16(2)9-13(18)15-12-5-3-4-11(8-12)6-7-14(19)20/h3-8H,9H2,1-2H3,(H,15,18)(H,19,20)/b7-6+. The molecule has 1 aromatic carbocycles. The van der Waals surface area contributed by atoms with Gasteiger partial charge in [0.05, 0.1) is 6.54 Å². The second kappa shape index (κ2) is 7.08. The summed E-state index contributed by atoms with van der Waals surface area (Å²) < 4.78 is 0. The lowest BCUT2D eigenvalue weighted by atomic mass is 10.2. The second-order valence-electron chi connectivity index (χ2n) is 4.22. The minimum absolute atomic E-state index is 0.0372. The van der Waals surface area contributed by atoms with Gasteiger partial charge in [0, 0.05) is 25.7 Å². The first-order valence-electron chi connectivity index (χ1n) is 5.91. The minimum atomic E-state index is -1.04. The van der Waals surface area contributed by atoms with Crippen LogP contribution in [0.3, 0.4) is 0 Å². The van der Waals surface area contributed by atoms with Gasteiger partial charge in [-0.2, -0.15) is 0 Å². The maximum atomic E-state index is 11.7. The molecule has 2 N–H and O–H groups in total. The molecule has 0 atom stereocenters. The van der Waals surface area contributed by atoms with Crippen molar-refractivity contribution in [3.63, 3.8) is 0 Å². The number of likely N-dealkylation sites (N-methyl/N-ethyl adjacent to an activating group) is 1. The summed E-state index contributed by atoms with van der Waals surface area (Å²) in [7, 11) is 1.54. The van der Waals surface area contributed by atoms with Gasteiger partial charge in [-0.1, -0.05) is 12.1 Å². The zero-order valence-corrected chi connectivity index (χ0v) is 11.3. The van der Waals surface area contributed by atoms with Crippen molar-refractivity contribution in [1.82, 2.24) is 4.90 Å². The molecule has 0 aliphatic carbocycles. The van der Waals surface area contributed by atoms with E-state index in [2.05, 4.69) is 5.32 Å². The van der Waals surface area contributed by atoms with Crippen LogP contribution in [0.1, 0.15) is 12.5 Å². The van der Waals surface area contributed by atoms with Crippen molar-refractivity contribution in [3.8, 4) is 0 Å². The number of carbonyl (C=O) groups excluding carboxylic acids is 2. The van der Waals surface area contributed by atoms with Crippen LogP contribution in [0.2, 0.25) is 0 Å². The number of anilines is 1. The fourth-order valence-corrected chi connectivity index (χ4v) is 1.41. The van der Waals surface area contributed by atoms with Gasteiger partial charge in [-0.05, 0) is 23.8 Å². The van der Waals surface area contributed by atoms with Crippen molar-refractivity contribution in [1.29, 1.82) is 0 Å². The number of nitrogens with one attached hydrogen (secondary N) is 1. The summed E-state index contributed by atoms with van der Waals surface area (Å²) in [4.78, 5) is 34.4. The molecule has 1 rings (SSSR count). The first-order chi connectivity index (χ1) is 9.38. The normalized spacial score (nSPS) is 10.3. The minimum Gasteiger partial charge on any atom is -0.478 e. The number of benzene rings is 1. The highest BCUT2D eigenvalue weighted by Gasteiger charge is 2.08. The zero-order valence-electron chi connectivity index (χ0n) is 11.3. The number of aliphatic carboxylic acids is 1. The zero-order chi connectivity index (χ0) is 15.1. The molecule has 0 aliphatic rings. The summed E-state index contributed by atoms with van der Waals surface area (Å²) in [6, 6.07) is 6.75. The number of carboxylic acid groups (broad SMARTS) is 1. The number of carboxylic acids is 1. The van der Waals surface area contributed by atoms with Crippen LogP contribution >= 0.6 is 0 Å². The van der Waals surface area contributed by atoms with Crippen LogP contribution in [-0.2, 0) is 14.4 Å². The van der Waals surface area contributed by atoms with E-state index in [1.807, 2.05) is 0 Å². The lowest BCUT2D eigenvalue weighted by Crippen LogP contribution is -2.33. The average molecular weight is 276 g/mol. The molecule has 6 heteroatoms. The fourth-order valence-electron chi connectivity index (χ4n) is 1.41. The number of hydrogen-bond donors (Lipinski definition) is 2. The Kier molecular flexibility index (Phi) is 5.46. The molecule has 0 radical (unpaired) electrons. The Bertz CT molecular complexity index is 552. The maximum absolute atomic E-state index is 11.7. The van der Waals surface area contributed by atoms with Crippen LogP contribution < -0.4 is 5.32 Å². The summed E-state index contributed by atoms with van der Waals surface area (Å²) in [5.41, 5.74) is 1.20. The summed E-state index contributed by atoms with van der Waals surface area (Å²) in [6.45, 7) is 1.34. The van der Waals surface area contributed by atoms with Crippen LogP contribution in [0.15, 0.2) is 30.3 Å². The maximum Gasteiger partial charge on any atom is 0.328 e. The monoisotopic (exact) mass is 276 g/mol. The Labute approximate surface area is 116 Å². The summed E-state index contributed by atoms with van der Waals surface area (Å²) >= 11 is 0. The summed E-state index contributed by atoms with van der Waals surface area (Å²) in [5.74, 6) is -1.55. The molecule has 0 aromatic heterocycles. The van der Waals surface area contributed by atoms with Crippen molar-refractivity contribution in [2.45, 2.75) is 6.92 Å². The Balaban J connectivity index is 2.68. The van der Waals surface area contributed by atoms with Crippen LogP contribution in [0.25, 0.3) is 6.08 Å². The highest BCUT2D eigenvalue weighted by atomic mass is 16.4. The summed E-state index contributed by atoms with van der Waals surface area (Å²) in [5, 5.41) is 11.2. The SMILES string of the molecule is CC(=O)N(C)CC(=O)Nc1cccc(/C=C/C(=O)O)c1. The molecule has 0 unspecified atom stereocenters. The van der Waals surface area contributed by atoms with E-state index in [1.54, 1.807) is 24.3 Å². The summed E-state index contributed by atoms with van der Waals surface area (Å²) in [6.07, 6.45) is 2.45. The van der Waals surface area contributed by atoms with E-state index in [4.69, 9.17) is 5.11 Å². The molecular formula is C14H16N2O4. The molecule has 106 valence electrons. The van der Waals surface area contributed by atoms with Gasteiger partial charge in [0.15, 0.2) is 0 Å². The van der Waals surface area contributed by atoms with Crippen molar-refractivity contribution in [2.24, 2.45) is 0 Å². The van der Waals surface area contributed by atoms with Gasteiger partial charge in [-0.25, -0.2) is 4.79 Å². The lowest BCUT2D eigenvalue weighted by Gasteiger charge is -2.14.